The number of hydrogen-bond acceptors (Lipinski definition) is 1. The molecule has 0 saturated heterocycles. The van der Waals surface area contributed by atoms with Crippen LogP contribution in [0.5, 0.6) is 0 Å². The van der Waals surface area contributed by atoms with Gasteiger partial charge in [0.25, 0.3) is 5.82 Å². The first-order valence-corrected chi connectivity index (χ1v) is 17.6. The number of rotatable bonds is 7. The number of hydrogen-bond donors (Lipinski definition) is 0. The van der Waals surface area contributed by atoms with Crippen LogP contribution in [-0.4, -0.2) is 4.57 Å². The van der Waals surface area contributed by atoms with Gasteiger partial charge in [0.1, 0.15) is 5.54 Å². The van der Waals surface area contributed by atoms with Gasteiger partial charge < -0.3 is 0 Å². The summed E-state index contributed by atoms with van der Waals surface area (Å²) in [5.74, 6) is 2.47. The Morgan fingerprint density at radius 3 is 2.16 bits per heavy atom. The van der Waals surface area contributed by atoms with E-state index in [0.29, 0.717) is 11.8 Å². The summed E-state index contributed by atoms with van der Waals surface area (Å²) in [7, 11) is 0. The van der Waals surface area contributed by atoms with E-state index in [9.17, 15) is 0 Å². The molecule has 2 unspecified atom stereocenters. The molecule has 1 aliphatic rings. The lowest BCUT2D eigenvalue weighted by molar-refractivity contribution is -0.743. The van der Waals surface area contributed by atoms with Crippen molar-refractivity contribution in [2.75, 3.05) is 0 Å². The number of imidazole rings is 1. The highest BCUT2D eigenvalue weighted by Crippen LogP contribution is 2.52. The zero-order valence-corrected chi connectivity index (χ0v) is 28.6. The first kappa shape index (κ1) is 29.3. The summed E-state index contributed by atoms with van der Waals surface area (Å²) in [6, 6.07) is 30.2. The molecule has 44 heavy (non-hydrogen) atoms. The number of benzene rings is 4. The van der Waals surface area contributed by atoms with E-state index in [2.05, 4.69) is 143 Å². The molecule has 2 aromatic heterocycles. The summed E-state index contributed by atoms with van der Waals surface area (Å²) in [5, 5.41) is 2.86. The number of nitrogens with zero attached hydrogens (tertiary/aromatic N) is 2. The monoisotopic (exact) mass is 599 g/mol. The number of thiophene rings is 1. The standard InChI is InChI=1S/C41H47N2S/c1-9-40(7)32-19-13-11-17-30(32)39-42(33-20-14-15-21-34(33)43(39)41(40,8)10-2)37-29(24-27(5)6)25-28(23-26(3)4)36-31-18-12-16-22-35(31)44-38(36)37/h11-22,25-27H,9-10,23-24H2,1-8H3/q+1. The largest absolute Gasteiger partial charge is 0.295 e. The van der Waals surface area contributed by atoms with Crippen molar-refractivity contribution in [1.29, 1.82) is 0 Å². The Labute approximate surface area is 267 Å². The average molecular weight is 600 g/mol. The Morgan fingerprint density at radius 2 is 1.43 bits per heavy atom. The van der Waals surface area contributed by atoms with Gasteiger partial charge in [0.2, 0.25) is 0 Å². The fourth-order valence-corrected chi connectivity index (χ4v) is 9.73. The summed E-state index contributed by atoms with van der Waals surface area (Å²) in [5.41, 5.74) is 9.75. The zero-order valence-electron chi connectivity index (χ0n) is 27.8. The van der Waals surface area contributed by atoms with Crippen LogP contribution in [0, 0.1) is 11.8 Å². The van der Waals surface area contributed by atoms with Crippen molar-refractivity contribution in [2.45, 2.75) is 92.0 Å². The minimum atomic E-state index is -0.0919. The minimum absolute atomic E-state index is 0.000216. The second kappa shape index (κ2) is 10.6. The molecule has 0 fully saturated rings. The van der Waals surface area contributed by atoms with Crippen molar-refractivity contribution >= 4 is 42.5 Å². The molecule has 226 valence electrons. The Bertz CT molecular complexity index is 2040. The van der Waals surface area contributed by atoms with Crippen molar-refractivity contribution in [3.63, 3.8) is 0 Å². The normalized spacial score (nSPS) is 19.9. The van der Waals surface area contributed by atoms with Crippen molar-refractivity contribution in [3.8, 4) is 17.1 Å². The topological polar surface area (TPSA) is 8.81 Å². The van der Waals surface area contributed by atoms with Crippen LogP contribution in [0.3, 0.4) is 0 Å². The van der Waals surface area contributed by atoms with Gasteiger partial charge in [0, 0.05) is 26.5 Å². The fourth-order valence-electron chi connectivity index (χ4n) is 8.42. The summed E-state index contributed by atoms with van der Waals surface area (Å²) < 4.78 is 8.25. The maximum atomic E-state index is 2.74. The van der Waals surface area contributed by atoms with Gasteiger partial charge in [0.05, 0.1) is 10.3 Å². The lowest BCUT2D eigenvalue weighted by atomic mass is 9.61. The van der Waals surface area contributed by atoms with Gasteiger partial charge in [-0.05, 0) is 79.8 Å². The third-order valence-corrected chi connectivity index (χ3v) is 12.1. The van der Waals surface area contributed by atoms with Gasteiger partial charge in [-0.15, -0.1) is 11.3 Å². The SMILES string of the molecule is CCC1(C)c2ccccc2-c2n(-c3c(CC(C)C)cc(CC(C)C)c4c3sc3ccccc34)c3ccccc3[n+]2C1(C)CC. The second-order valence-electron chi connectivity index (χ2n) is 14.4. The lowest BCUT2D eigenvalue weighted by Gasteiger charge is -2.47. The molecular formula is C41H47N2S+. The van der Waals surface area contributed by atoms with E-state index in [4.69, 9.17) is 0 Å². The third kappa shape index (κ3) is 4.01. The van der Waals surface area contributed by atoms with E-state index in [1.165, 1.54) is 65.0 Å². The number of para-hydroxylation sites is 2. The van der Waals surface area contributed by atoms with Crippen molar-refractivity contribution < 1.29 is 4.57 Å². The van der Waals surface area contributed by atoms with E-state index in [-0.39, 0.29) is 11.0 Å². The molecule has 3 heterocycles. The molecule has 4 aromatic carbocycles. The van der Waals surface area contributed by atoms with Crippen molar-refractivity contribution in [3.05, 3.63) is 95.6 Å². The predicted molar refractivity (Wildman–Crippen MR) is 190 cm³/mol. The molecule has 1 aliphatic heterocycles. The van der Waals surface area contributed by atoms with Crippen molar-refractivity contribution in [2.24, 2.45) is 11.8 Å². The Balaban J connectivity index is 1.73. The third-order valence-electron chi connectivity index (χ3n) is 10.9. The molecule has 2 atom stereocenters. The molecule has 0 aliphatic carbocycles. The molecule has 7 rings (SSSR count). The van der Waals surface area contributed by atoms with E-state index < -0.39 is 0 Å². The quantitative estimate of drug-likeness (QED) is 0.161. The van der Waals surface area contributed by atoms with E-state index in [1.54, 1.807) is 0 Å². The maximum absolute atomic E-state index is 2.74. The molecule has 3 heteroatoms. The van der Waals surface area contributed by atoms with E-state index in [1.807, 2.05) is 11.3 Å². The molecule has 0 spiro atoms. The van der Waals surface area contributed by atoms with E-state index in [0.717, 1.165) is 25.7 Å². The highest BCUT2D eigenvalue weighted by atomic mass is 32.1. The van der Waals surface area contributed by atoms with Gasteiger partial charge >= 0.3 is 0 Å². The van der Waals surface area contributed by atoms with Crippen LogP contribution < -0.4 is 4.57 Å². The fraction of sp³-hybridized carbons (Fsp3) is 0.390. The molecule has 2 nitrogen and oxygen atoms in total. The predicted octanol–water partition coefficient (Wildman–Crippen LogP) is 11.2. The van der Waals surface area contributed by atoms with Crippen LogP contribution in [0.2, 0.25) is 0 Å². The van der Waals surface area contributed by atoms with Gasteiger partial charge in [-0.2, -0.15) is 4.57 Å². The zero-order chi connectivity index (χ0) is 31.0. The molecular weight excluding hydrogens is 553 g/mol. The number of aromatic nitrogens is 2. The van der Waals surface area contributed by atoms with Gasteiger partial charge in [-0.3, -0.25) is 0 Å². The Kier molecular flexibility index (Phi) is 7.05. The first-order valence-electron chi connectivity index (χ1n) is 16.8. The molecule has 6 aromatic rings. The number of fused-ring (bicyclic) bond motifs is 8. The first-order chi connectivity index (χ1) is 21.1. The molecule has 0 saturated carbocycles. The van der Waals surface area contributed by atoms with Crippen LogP contribution in [0.1, 0.15) is 84.9 Å². The lowest BCUT2D eigenvalue weighted by Crippen LogP contribution is -2.67. The van der Waals surface area contributed by atoms with E-state index >= 15 is 0 Å². The highest BCUT2D eigenvalue weighted by molar-refractivity contribution is 7.26. The average Bonchev–Trinajstić information content (AvgIpc) is 3.56. The van der Waals surface area contributed by atoms with Crippen LogP contribution in [-0.2, 0) is 23.8 Å². The Morgan fingerprint density at radius 1 is 0.773 bits per heavy atom. The van der Waals surface area contributed by atoms with Crippen molar-refractivity contribution in [1.82, 2.24) is 4.57 Å². The van der Waals surface area contributed by atoms with Gasteiger partial charge in [0.15, 0.2) is 16.7 Å². The Hall–Kier alpha value is -3.43. The molecule has 0 N–H and O–H groups in total. The highest BCUT2D eigenvalue weighted by Gasteiger charge is 2.56. The van der Waals surface area contributed by atoms with Crippen LogP contribution in [0.25, 0.3) is 48.3 Å². The molecule has 0 bridgehead atoms. The summed E-state index contributed by atoms with van der Waals surface area (Å²) in [4.78, 5) is 0. The maximum Gasteiger partial charge on any atom is 0.295 e. The van der Waals surface area contributed by atoms with Crippen LogP contribution in [0.15, 0.2) is 78.9 Å². The summed E-state index contributed by atoms with van der Waals surface area (Å²) in [6.45, 7) is 19.2. The summed E-state index contributed by atoms with van der Waals surface area (Å²) >= 11 is 1.99. The second-order valence-corrected chi connectivity index (χ2v) is 15.4. The molecule has 0 amide bonds. The smallest absolute Gasteiger partial charge is 0.216 e. The van der Waals surface area contributed by atoms with Gasteiger partial charge in [-0.25, -0.2) is 4.57 Å². The molecule has 0 radical (unpaired) electrons. The van der Waals surface area contributed by atoms with Crippen LogP contribution >= 0.6 is 11.3 Å². The minimum Gasteiger partial charge on any atom is -0.216 e. The summed E-state index contributed by atoms with van der Waals surface area (Å²) in [6.07, 6.45) is 4.29. The van der Waals surface area contributed by atoms with Crippen LogP contribution in [0.4, 0.5) is 0 Å². The van der Waals surface area contributed by atoms with Gasteiger partial charge in [-0.1, -0.05) is 103 Å².